The summed E-state index contributed by atoms with van der Waals surface area (Å²) in [5.74, 6) is 1.39. The van der Waals surface area contributed by atoms with Gasteiger partial charge in [0.1, 0.15) is 12.0 Å². The van der Waals surface area contributed by atoms with Gasteiger partial charge in [-0.3, -0.25) is 10.1 Å². The van der Waals surface area contributed by atoms with Crippen LogP contribution >= 0.6 is 0 Å². The second kappa shape index (κ2) is 10.1. The van der Waals surface area contributed by atoms with E-state index in [0.717, 1.165) is 50.7 Å². The van der Waals surface area contributed by atoms with Crippen molar-refractivity contribution in [1.29, 1.82) is 0 Å². The molecule has 7 heteroatoms. The Morgan fingerprint density at radius 3 is 2.72 bits per heavy atom. The molecule has 1 aliphatic carbocycles. The van der Waals surface area contributed by atoms with Crippen molar-refractivity contribution < 1.29 is 24.1 Å². The van der Waals surface area contributed by atoms with Gasteiger partial charge in [0, 0.05) is 25.1 Å². The van der Waals surface area contributed by atoms with Crippen molar-refractivity contribution in [2.75, 3.05) is 33.0 Å². The normalized spacial score (nSPS) is 34.5. The summed E-state index contributed by atoms with van der Waals surface area (Å²) < 4.78 is 17.9. The standard InChI is InChI=1S/C25H36N2O5/c28-24-16-32-23-6-2-1-4-20(23)17-7-9-19(10-8-17)31-15-22-21(5-3-12-27(22)24)26-25(29)18-11-13-30-14-18/h1-2,4,6,17-19,21-22,25-26,29H,3,5,7-16H2/t17?,18?,19?,21?,22-,25+/m0/s1. The minimum absolute atomic E-state index is 0.00273. The topological polar surface area (TPSA) is 80.3 Å². The first-order chi connectivity index (χ1) is 15.7. The molecular weight excluding hydrogens is 408 g/mol. The number of ether oxygens (including phenoxy) is 3. The maximum atomic E-state index is 13.3. The van der Waals surface area contributed by atoms with Crippen molar-refractivity contribution >= 4 is 5.91 Å². The van der Waals surface area contributed by atoms with Gasteiger partial charge in [-0.25, -0.2) is 0 Å². The second-order valence-electron chi connectivity index (χ2n) is 9.77. The molecule has 1 aromatic carbocycles. The lowest BCUT2D eigenvalue weighted by Crippen LogP contribution is -2.61. The highest BCUT2D eigenvalue weighted by molar-refractivity contribution is 5.78. The number of nitrogens with zero attached hydrogens (tertiary/aromatic N) is 1. The molecule has 2 unspecified atom stereocenters. The Kier molecular flexibility index (Phi) is 6.97. The van der Waals surface area contributed by atoms with Gasteiger partial charge in [0.05, 0.1) is 25.4 Å². The summed E-state index contributed by atoms with van der Waals surface area (Å²) in [6.45, 7) is 2.52. The van der Waals surface area contributed by atoms with E-state index in [-0.39, 0.29) is 36.6 Å². The molecule has 4 atom stereocenters. The van der Waals surface area contributed by atoms with E-state index < -0.39 is 6.23 Å². The zero-order valence-electron chi connectivity index (χ0n) is 18.8. The number of rotatable bonds is 3. The number of hydrogen-bond donors (Lipinski definition) is 2. The van der Waals surface area contributed by atoms with E-state index >= 15 is 0 Å². The van der Waals surface area contributed by atoms with E-state index in [4.69, 9.17) is 14.2 Å². The average molecular weight is 445 g/mol. The molecule has 0 radical (unpaired) electrons. The maximum absolute atomic E-state index is 13.3. The molecule has 1 aromatic rings. The van der Waals surface area contributed by atoms with Crippen molar-refractivity contribution in [2.45, 2.75) is 75.3 Å². The molecule has 7 nitrogen and oxygen atoms in total. The lowest BCUT2D eigenvalue weighted by atomic mass is 9.82. The van der Waals surface area contributed by atoms with Gasteiger partial charge in [0.2, 0.25) is 0 Å². The Hall–Kier alpha value is -1.67. The summed E-state index contributed by atoms with van der Waals surface area (Å²) in [7, 11) is 0. The molecule has 0 aromatic heterocycles. The minimum Gasteiger partial charge on any atom is -0.483 e. The van der Waals surface area contributed by atoms with E-state index in [1.54, 1.807) is 0 Å². The Bertz CT molecular complexity index is 775. The van der Waals surface area contributed by atoms with Crippen LogP contribution in [0.1, 0.15) is 56.4 Å². The van der Waals surface area contributed by atoms with Crippen LogP contribution in [0.4, 0.5) is 0 Å². The number of aliphatic hydroxyl groups excluding tert-OH is 1. The van der Waals surface area contributed by atoms with E-state index in [2.05, 4.69) is 17.4 Å². The summed E-state index contributed by atoms with van der Waals surface area (Å²) >= 11 is 0. The predicted octanol–water partition coefficient (Wildman–Crippen LogP) is 2.43. The number of hydrogen-bond acceptors (Lipinski definition) is 6. The number of piperidine rings is 1. The molecule has 32 heavy (non-hydrogen) atoms. The van der Waals surface area contributed by atoms with Gasteiger partial charge in [-0.15, -0.1) is 0 Å². The maximum Gasteiger partial charge on any atom is 0.260 e. The first-order valence-electron chi connectivity index (χ1n) is 12.3. The third-order valence-electron chi connectivity index (χ3n) is 7.78. The van der Waals surface area contributed by atoms with E-state index in [1.807, 2.05) is 17.0 Å². The van der Waals surface area contributed by atoms with Gasteiger partial charge >= 0.3 is 0 Å². The van der Waals surface area contributed by atoms with Crippen molar-refractivity contribution in [1.82, 2.24) is 10.2 Å². The molecule has 0 spiro atoms. The third kappa shape index (κ3) is 4.81. The van der Waals surface area contributed by atoms with Crippen LogP contribution < -0.4 is 10.1 Å². The summed E-state index contributed by atoms with van der Waals surface area (Å²) in [6, 6.07) is 8.06. The summed E-state index contributed by atoms with van der Waals surface area (Å²) in [5.41, 5.74) is 1.22. The molecule has 2 N–H and O–H groups in total. The molecule has 6 rings (SSSR count). The second-order valence-corrected chi connectivity index (χ2v) is 9.77. The van der Waals surface area contributed by atoms with Gasteiger partial charge in [-0.05, 0) is 62.5 Å². The molecule has 2 bridgehead atoms. The number of carbonyl (C=O) groups is 1. The average Bonchev–Trinajstić information content (AvgIpc) is 3.37. The Balaban J connectivity index is 1.35. The van der Waals surface area contributed by atoms with Crippen molar-refractivity contribution in [2.24, 2.45) is 5.92 Å². The van der Waals surface area contributed by atoms with E-state index in [0.29, 0.717) is 32.3 Å². The number of nitrogens with one attached hydrogen (secondary N) is 1. The first-order valence-corrected chi connectivity index (χ1v) is 12.3. The molecule has 1 saturated carbocycles. The lowest BCUT2D eigenvalue weighted by Gasteiger charge is -2.43. The molecule has 4 heterocycles. The van der Waals surface area contributed by atoms with E-state index in [9.17, 15) is 9.90 Å². The number of fused-ring (bicyclic) bond motifs is 5. The van der Waals surface area contributed by atoms with Crippen molar-refractivity contribution in [3.8, 4) is 5.75 Å². The fraction of sp³-hybridized carbons (Fsp3) is 0.720. The minimum atomic E-state index is -0.624. The van der Waals surface area contributed by atoms with Crippen molar-refractivity contribution in [3.63, 3.8) is 0 Å². The molecule has 2 saturated heterocycles. The Morgan fingerprint density at radius 2 is 1.91 bits per heavy atom. The van der Waals surface area contributed by atoms with Gasteiger partial charge in [0.15, 0.2) is 6.61 Å². The summed E-state index contributed by atoms with van der Waals surface area (Å²) in [6.07, 6.45) is 6.49. The van der Waals surface area contributed by atoms with Crippen molar-refractivity contribution in [3.05, 3.63) is 29.8 Å². The monoisotopic (exact) mass is 444 g/mol. The van der Waals surface area contributed by atoms with Crippen LogP contribution in [-0.4, -0.2) is 73.3 Å². The van der Waals surface area contributed by atoms with Crippen LogP contribution in [0.5, 0.6) is 5.75 Å². The quantitative estimate of drug-likeness (QED) is 0.697. The highest BCUT2D eigenvalue weighted by atomic mass is 16.5. The number of para-hydroxylation sites is 1. The predicted molar refractivity (Wildman–Crippen MR) is 119 cm³/mol. The molecule has 176 valence electrons. The Morgan fingerprint density at radius 1 is 1.06 bits per heavy atom. The number of amides is 1. The lowest BCUT2D eigenvalue weighted by molar-refractivity contribution is -0.141. The van der Waals surface area contributed by atoms with Crippen LogP contribution in [-0.2, 0) is 14.3 Å². The number of aliphatic hydroxyl groups is 1. The smallest absolute Gasteiger partial charge is 0.260 e. The van der Waals surface area contributed by atoms with E-state index in [1.165, 1.54) is 5.56 Å². The molecule has 3 fully saturated rings. The fourth-order valence-electron chi connectivity index (χ4n) is 5.87. The zero-order chi connectivity index (χ0) is 21.9. The summed E-state index contributed by atoms with van der Waals surface area (Å²) in [5, 5.41) is 14.2. The highest BCUT2D eigenvalue weighted by Crippen LogP contribution is 2.39. The first kappa shape index (κ1) is 22.1. The van der Waals surface area contributed by atoms with Crippen LogP contribution in [0.3, 0.4) is 0 Å². The SMILES string of the molecule is O=C1COc2ccccc2C2CCC(CC2)OC[C@H]2C(N[C@H](O)C3CCOC3)CCCN12. The zero-order valence-corrected chi connectivity index (χ0v) is 18.8. The number of benzene rings is 1. The fourth-order valence-corrected chi connectivity index (χ4v) is 5.87. The van der Waals surface area contributed by atoms with Crippen LogP contribution in [0.2, 0.25) is 0 Å². The highest BCUT2D eigenvalue weighted by Gasteiger charge is 2.38. The molecular formula is C25H36N2O5. The van der Waals surface area contributed by atoms with Gasteiger partial charge in [0.25, 0.3) is 5.91 Å². The van der Waals surface area contributed by atoms with Crippen LogP contribution in [0.25, 0.3) is 0 Å². The van der Waals surface area contributed by atoms with Crippen LogP contribution in [0, 0.1) is 5.92 Å². The molecule has 4 aliphatic heterocycles. The van der Waals surface area contributed by atoms with Gasteiger partial charge < -0.3 is 24.2 Å². The largest absolute Gasteiger partial charge is 0.483 e. The Labute approximate surface area is 190 Å². The summed E-state index contributed by atoms with van der Waals surface area (Å²) in [4.78, 5) is 15.2. The van der Waals surface area contributed by atoms with Gasteiger partial charge in [-0.2, -0.15) is 0 Å². The molecule has 5 aliphatic rings. The molecule has 1 amide bonds. The number of carbonyl (C=O) groups excluding carboxylic acids is 1. The van der Waals surface area contributed by atoms with Crippen LogP contribution in [0.15, 0.2) is 24.3 Å². The van der Waals surface area contributed by atoms with Gasteiger partial charge in [-0.1, -0.05) is 18.2 Å². The third-order valence-corrected chi connectivity index (χ3v) is 7.78.